The molecule has 5 rings (SSSR count). The number of ether oxygens (including phenoxy) is 2. The van der Waals surface area contributed by atoms with Crippen molar-refractivity contribution in [2.75, 3.05) is 44.9 Å². The van der Waals surface area contributed by atoms with Crippen molar-refractivity contribution in [3.05, 3.63) is 53.3 Å². The quantitative estimate of drug-likeness (QED) is 0.481. The number of methoxy groups -OCH3 is 1. The van der Waals surface area contributed by atoms with Crippen molar-refractivity contribution in [2.45, 2.75) is 13.0 Å². The van der Waals surface area contributed by atoms with Crippen LogP contribution in [0.15, 0.2) is 41.8 Å². The van der Waals surface area contributed by atoms with Crippen molar-refractivity contribution >= 4 is 27.2 Å². The Bertz CT molecular complexity index is 1230. The molecule has 1 atom stereocenters. The molecule has 166 valence electrons. The third-order valence-corrected chi connectivity index (χ3v) is 6.61. The maximum absolute atomic E-state index is 9.77. The number of rotatable bonds is 6. The van der Waals surface area contributed by atoms with Crippen molar-refractivity contribution in [1.29, 1.82) is 0 Å². The standard InChI is InChI=1S/C23H25N5O3S/c1-15-11-18(17-14-32-20-6-4-3-5-16(17)20)26-28(15)22-12-21(27-7-9-31-10-8-27)24-23(25-22)19(13-29)30-2/h3-6,11-12,14,19,29H,7-10,13H2,1-2H3. The van der Waals surface area contributed by atoms with E-state index in [2.05, 4.69) is 39.5 Å². The van der Waals surface area contributed by atoms with Gasteiger partial charge in [0.25, 0.3) is 0 Å². The molecule has 1 aromatic carbocycles. The van der Waals surface area contributed by atoms with Crippen LogP contribution in [0.4, 0.5) is 5.82 Å². The fourth-order valence-corrected chi connectivity index (χ4v) is 4.88. The van der Waals surface area contributed by atoms with Crippen LogP contribution in [0.3, 0.4) is 0 Å². The van der Waals surface area contributed by atoms with Crippen molar-refractivity contribution in [1.82, 2.24) is 19.7 Å². The molecule has 1 aliphatic heterocycles. The Labute approximate surface area is 190 Å². The lowest BCUT2D eigenvalue weighted by Crippen LogP contribution is -2.37. The van der Waals surface area contributed by atoms with E-state index < -0.39 is 6.10 Å². The van der Waals surface area contributed by atoms with Crippen molar-refractivity contribution in [3.8, 4) is 17.1 Å². The molecule has 1 N–H and O–H groups in total. The van der Waals surface area contributed by atoms with E-state index in [1.165, 1.54) is 10.1 Å². The smallest absolute Gasteiger partial charge is 0.164 e. The van der Waals surface area contributed by atoms with E-state index in [-0.39, 0.29) is 6.61 Å². The molecule has 0 radical (unpaired) electrons. The molecule has 4 heterocycles. The minimum absolute atomic E-state index is 0.202. The first-order valence-electron chi connectivity index (χ1n) is 10.6. The number of aryl methyl sites for hydroxylation is 1. The van der Waals surface area contributed by atoms with Gasteiger partial charge in [0.15, 0.2) is 11.6 Å². The molecule has 9 heteroatoms. The highest BCUT2D eigenvalue weighted by atomic mass is 32.1. The summed E-state index contributed by atoms with van der Waals surface area (Å²) in [7, 11) is 1.55. The topological polar surface area (TPSA) is 85.5 Å². The Morgan fingerprint density at radius 3 is 2.72 bits per heavy atom. The normalized spacial score (nSPS) is 15.4. The van der Waals surface area contributed by atoms with Crippen molar-refractivity contribution in [3.63, 3.8) is 0 Å². The van der Waals surface area contributed by atoms with Crippen LogP contribution in [0.5, 0.6) is 0 Å². The molecule has 4 aromatic rings. The van der Waals surface area contributed by atoms with Crippen LogP contribution in [0.1, 0.15) is 17.6 Å². The number of aliphatic hydroxyl groups is 1. The highest BCUT2D eigenvalue weighted by Crippen LogP contribution is 2.34. The first-order valence-corrected chi connectivity index (χ1v) is 11.4. The Kier molecular flexibility index (Phi) is 5.88. The van der Waals surface area contributed by atoms with Crippen LogP contribution in [0.25, 0.3) is 27.2 Å². The Balaban J connectivity index is 1.60. The zero-order chi connectivity index (χ0) is 22.1. The zero-order valence-corrected chi connectivity index (χ0v) is 18.9. The van der Waals surface area contributed by atoms with Gasteiger partial charge in [0, 0.05) is 53.0 Å². The number of benzene rings is 1. The second kappa shape index (κ2) is 8.95. The monoisotopic (exact) mass is 451 g/mol. The number of hydrogen-bond acceptors (Lipinski definition) is 8. The van der Waals surface area contributed by atoms with Crippen LogP contribution in [-0.4, -0.2) is 64.9 Å². The number of aromatic nitrogens is 4. The van der Waals surface area contributed by atoms with Gasteiger partial charge in [-0.25, -0.2) is 14.6 Å². The third kappa shape index (κ3) is 3.88. The van der Waals surface area contributed by atoms with Gasteiger partial charge in [-0.05, 0) is 19.1 Å². The highest BCUT2D eigenvalue weighted by molar-refractivity contribution is 7.17. The first-order chi connectivity index (χ1) is 15.7. The average Bonchev–Trinajstić information content (AvgIpc) is 3.44. The van der Waals surface area contributed by atoms with E-state index >= 15 is 0 Å². The SMILES string of the molecule is COC(CO)c1nc(N2CCOCC2)cc(-n2nc(-c3csc4ccccc34)cc2C)n1. The van der Waals surface area contributed by atoms with Gasteiger partial charge in [-0.15, -0.1) is 11.3 Å². The number of morpholine rings is 1. The average molecular weight is 452 g/mol. The zero-order valence-electron chi connectivity index (χ0n) is 18.1. The maximum Gasteiger partial charge on any atom is 0.164 e. The Morgan fingerprint density at radius 1 is 1.16 bits per heavy atom. The lowest BCUT2D eigenvalue weighted by atomic mass is 10.1. The lowest BCUT2D eigenvalue weighted by molar-refractivity contribution is 0.0422. The lowest BCUT2D eigenvalue weighted by Gasteiger charge is -2.28. The van der Waals surface area contributed by atoms with Gasteiger partial charge >= 0.3 is 0 Å². The molecule has 1 unspecified atom stereocenters. The van der Waals surface area contributed by atoms with E-state index in [0.29, 0.717) is 24.9 Å². The van der Waals surface area contributed by atoms with Gasteiger partial charge in [-0.2, -0.15) is 5.10 Å². The van der Waals surface area contributed by atoms with Crippen LogP contribution in [0, 0.1) is 6.92 Å². The summed E-state index contributed by atoms with van der Waals surface area (Å²) < 4.78 is 14.0. The summed E-state index contributed by atoms with van der Waals surface area (Å²) in [5.74, 6) is 1.86. The first kappa shape index (κ1) is 21.0. The predicted octanol–water partition coefficient (Wildman–Crippen LogP) is 3.37. The van der Waals surface area contributed by atoms with Gasteiger partial charge in [-0.1, -0.05) is 18.2 Å². The van der Waals surface area contributed by atoms with Gasteiger partial charge in [-0.3, -0.25) is 0 Å². The summed E-state index contributed by atoms with van der Waals surface area (Å²) in [4.78, 5) is 11.6. The number of thiophene rings is 1. The van der Waals surface area contributed by atoms with Crippen LogP contribution < -0.4 is 4.90 Å². The molecule has 0 aliphatic carbocycles. The summed E-state index contributed by atoms with van der Waals surface area (Å²) in [6.45, 7) is 4.61. The molecule has 3 aromatic heterocycles. The summed E-state index contributed by atoms with van der Waals surface area (Å²) in [5.41, 5.74) is 2.98. The molecule has 1 aliphatic rings. The highest BCUT2D eigenvalue weighted by Gasteiger charge is 2.21. The van der Waals surface area contributed by atoms with Crippen molar-refractivity contribution in [2.24, 2.45) is 0 Å². The molecule has 1 saturated heterocycles. The molecule has 0 spiro atoms. The van der Waals surface area contributed by atoms with Crippen molar-refractivity contribution < 1.29 is 14.6 Å². The second-order valence-corrected chi connectivity index (χ2v) is 8.59. The number of hydrogen-bond donors (Lipinski definition) is 1. The van der Waals surface area contributed by atoms with E-state index in [4.69, 9.17) is 19.6 Å². The maximum atomic E-state index is 9.77. The summed E-state index contributed by atoms with van der Waals surface area (Å²) in [5, 5.41) is 18.0. The number of aliphatic hydroxyl groups excluding tert-OH is 1. The van der Waals surface area contributed by atoms with Crippen LogP contribution in [0.2, 0.25) is 0 Å². The Hall–Kier alpha value is -2.85. The second-order valence-electron chi connectivity index (χ2n) is 7.68. The summed E-state index contributed by atoms with van der Waals surface area (Å²) >= 11 is 1.72. The number of nitrogens with zero attached hydrogens (tertiary/aromatic N) is 5. The van der Waals surface area contributed by atoms with Crippen LogP contribution >= 0.6 is 11.3 Å². The Morgan fingerprint density at radius 2 is 1.94 bits per heavy atom. The molecule has 1 fully saturated rings. The fourth-order valence-electron chi connectivity index (χ4n) is 3.92. The number of fused-ring (bicyclic) bond motifs is 1. The van der Waals surface area contributed by atoms with Gasteiger partial charge in [0.1, 0.15) is 11.9 Å². The minimum Gasteiger partial charge on any atom is -0.393 e. The molecule has 0 amide bonds. The third-order valence-electron chi connectivity index (χ3n) is 5.65. The van der Waals surface area contributed by atoms with Crippen LogP contribution in [-0.2, 0) is 9.47 Å². The van der Waals surface area contributed by atoms with E-state index in [9.17, 15) is 5.11 Å². The molecule has 0 bridgehead atoms. The largest absolute Gasteiger partial charge is 0.393 e. The molecule has 0 saturated carbocycles. The summed E-state index contributed by atoms with van der Waals surface area (Å²) in [6, 6.07) is 12.4. The van der Waals surface area contributed by atoms with Gasteiger partial charge in [0.05, 0.1) is 25.5 Å². The minimum atomic E-state index is -0.606. The molecular weight excluding hydrogens is 426 g/mol. The molecule has 8 nitrogen and oxygen atoms in total. The van der Waals surface area contributed by atoms with E-state index in [0.717, 1.165) is 35.9 Å². The van der Waals surface area contributed by atoms with E-state index in [1.807, 2.05) is 23.7 Å². The van der Waals surface area contributed by atoms with Gasteiger partial charge < -0.3 is 19.5 Å². The summed E-state index contributed by atoms with van der Waals surface area (Å²) in [6.07, 6.45) is -0.606. The predicted molar refractivity (Wildman–Crippen MR) is 125 cm³/mol. The molecule has 32 heavy (non-hydrogen) atoms. The van der Waals surface area contributed by atoms with Gasteiger partial charge in [0.2, 0.25) is 0 Å². The fraction of sp³-hybridized carbons (Fsp3) is 0.348. The number of anilines is 1. The van der Waals surface area contributed by atoms with E-state index in [1.54, 1.807) is 18.4 Å². The molecular formula is C23H25N5O3S.